The van der Waals surface area contributed by atoms with E-state index >= 15 is 0 Å². The van der Waals surface area contributed by atoms with Crippen LogP contribution in [0, 0.1) is 5.92 Å². The van der Waals surface area contributed by atoms with Gasteiger partial charge in [0.25, 0.3) is 0 Å². The topological polar surface area (TPSA) is 83.9 Å². The highest BCUT2D eigenvalue weighted by molar-refractivity contribution is 7.89. The lowest BCUT2D eigenvalue weighted by Gasteiger charge is -2.32. The number of benzene rings is 1. The number of fused-ring (bicyclic) bond motifs is 1. The molecule has 0 radical (unpaired) electrons. The summed E-state index contributed by atoms with van der Waals surface area (Å²) in [5, 5.41) is 9.45. The Hall–Kier alpha value is -1.44. The van der Waals surface area contributed by atoms with Crippen LogP contribution in [0.1, 0.15) is 29.9 Å². The number of rotatable bonds is 6. The lowest BCUT2D eigenvalue weighted by molar-refractivity contribution is -0.139. The Balaban J connectivity index is 1.84. The first kappa shape index (κ1) is 16.4. The van der Waals surface area contributed by atoms with Crippen molar-refractivity contribution >= 4 is 16.0 Å². The summed E-state index contributed by atoms with van der Waals surface area (Å²) in [6.45, 7) is 0.208. The Labute approximate surface area is 136 Å². The van der Waals surface area contributed by atoms with Crippen LogP contribution < -0.4 is 0 Å². The summed E-state index contributed by atoms with van der Waals surface area (Å²) in [7, 11) is -2.03. The predicted octanol–water partition coefficient (Wildman–Crippen LogP) is 1.43. The molecule has 1 N–H and O–H groups in total. The van der Waals surface area contributed by atoms with E-state index in [4.69, 9.17) is 4.74 Å². The van der Waals surface area contributed by atoms with Crippen molar-refractivity contribution in [1.82, 2.24) is 4.31 Å². The third-order valence-corrected chi connectivity index (χ3v) is 6.50. The standard InChI is InChI=1S/C16H21NO5S/c1-22-15(11-6-7-11)10-23(20,21)17-8-12-4-2-3-5-13(12)14(9-17)16(18)19/h2-5,11,14-15H,6-10H2,1H3,(H,18,19). The summed E-state index contributed by atoms with van der Waals surface area (Å²) >= 11 is 0. The normalized spacial score (nSPS) is 23.3. The van der Waals surface area contributed by atoms with Crippen molar-refractivity contribution in [3.63, 3.8) is 0 Å². The van der Waals surface area contributed by atoms with E-state index in [0.717, 1.165) is 18.4 Å². The Bertz CT molecular complexity index is 698. The molecule has 0 aromatic heterocycles. The summed E-state index contributed by atoms with van der Waals surface area (Å²) in [5.74, 6) is -1.59. The largest absolute Gasteiger partial charge is 0.481 e. The highest BCUT2D eigenvalue weighted by Crippen LogP contribution is 2.36. The fourth-order valence-electron chi connectivity index (χ4n) is 3.18. The third-order valence-electron chi connectivity index (χ3n) is 4.68. The monoisotopic (exact) mass is 339 g/mol. The molecule has 0 amide bonds. The molecule has 126 valence electrons. The maximum absolute atomic E-state index is 12.7. The van der Waals surface area contributed by atoms with Crippen molar-refractivity contribution in [2.75, 3.05) is 19.4 Å². The first-order valence-corrected chi connectivity index (χ1v) is 9.34. The van der Waals surface area contributed by atoms with Gasteiger partial charge in [-0.05, 0) is 29.9 Å². The van der Waals surface area contributed by atoms with Gasteiger partial charge in [-0.25, -0.2) is 8.42 Å². The molecule has 1 fully saturated rings. The second-order valence-corrected chi connectivity index (χ2v) is 8.29. The molecule has 7 heteroatoms. The average molecular weight is 339 g/mol. The third kappa shape index (κ3) is 3.41. The number of sulfonamides is 1. The fraction of sp³-hybridized carbons (Fsp3) is 0.562. The van der Waals surface area contributed by atoms with Gasteiger partial charge < -0.3 is 9.84 Å². The van der Waals surface area contributed by atoms with Crippen LogP contribution in [0.5, 0.6) is 0 Å². The van der Waals surface area contributed by atoms with Gasteiger partial charge >= 0.3 is 5.97 Å². The van der Waals surface area contributed by atoms with Gasteiger partial charge in [-0.2, -0.15) is 4.31 Å². The molecule has 0 bridgehead atoms. The van der Waals surface area contributed by atoms with Crippen LogP contribution in [0.25, 0.3) is 0 Å². The van der Waals surface area contributed by atoms with E-state index in [1.807, 2.05) is 0 Å². The predicted molar refractivity (Wildman–Crippen MR) is 84.5 cm³/mol. The van der Waals surface area contributed by atoms with E-state index in [1.165, 1.54) is 11.4 Å². The van der Waals surface area contributed by atoms with Crippen LogP contribution >= 0.6 is 0 Å². The SMILES string of the molecule is COC(CS(=O)(=O)N1Cc2ccccc2C(C(=O)O)C1)C1CC1. The Morgan fingerprint density at radius 3 is 2.70 bits per heavy atom. The summed E-state index contributed by atoms with van der Waals surface area (Å²) < 4.78 is 32.1. The molecule has 2 atom stereocenters. The summed E-state index contributed by atoms with van der Waals surface area (Å²) in [6.07, 6.45) is 1.68. The minimum atomic E-state index is -3.56. The second kappa shape index (κ2) is 6.22. The maximum Gasteiger partial charge on any atom is 0.312 e. The maximum atomic E-state index is 12.7. The van der Waals surface area contributed by atoms with E-state index in [1.54, 1.807) is 24.3 Å². The fourth-order valence-corrected chi connectivity index (χ4v) is 4.92. The molecule has 23 heavy (non-hydrogen) atoms. The number of aliphatic carboxylic acids is 1. The number of methoxy groups -OCH3 is 1. The highest BCUT2D eigenvalue weighted by atomic mass is 32.2. The summed E-state index contributed by atoms with van der Waals surface area (Å²) in [6, 6.07) is 7.14. The quantitative estimate of drug-likeness (QED) is 0.847. The van der Waals surface area contributed by atoms with Gasteiger partial charge in [0.2, 0.25) is 10.0 Å². The zero-order chi connectivity index (χ0) is 16.6. The summed E-state index contributed by atoms with van der Waals surface area (Å²) in [5.41, 5.74) is 1.46. The first-order chi connectivity index (χ1) is 10.9. The number of hydrogen-bond donors (Lipinski definition) is 1. The molecule has 1 saturated carbocycles. The Kier molecular flexibility index (Phi) is 4.44. The van der Waals surface area contributed by atoms with Crippen LogP contribution in [-0.2, 0) is 26.1 Å². The Morgan fingerprint density at radius 2 is 2.09 bits per heavy atom. The van der Waals surface area contributed by atoms with Crippen LogP contribution in [-0.4, -0.2) is 49.3 Å². The minimum absolute atomic E-state index is 0.0181. The molecular formula is C16H21NO5S. The minimum Gasteiger partial charge on any atom is -0.481 e. The number of carbonyl (C=O) groups is 1. The lowest BCUT2D eigenvalue weighted by Crippen LogP contribution is -2.43. The van der Waals surface area contributed by atoms with Crippen LogP contribution in [0.15, 0.2) is 24.3 Å². The van der Waals surface area contributed by atoms with Gasteiger partial charge in [-0.15, -0.1) is 0 Å². The van der Waals surface area contributed by atoms with E-state index in [9.17, 15) is 18.3 Å². The van der Waals surface area contributed by atoms with Crippen molar-refractivity contribution in [2.24, 2.45) is 5.92 Å². The van der Waals surface area contributed by atoms with Crippen molar-refractivity contribution < 1.29 is 23.1 Å². The lowest BCUT2D eigenvalue weighted by atomic mass is 9.91. The molecule has 1 aromatic rings. The van der Waals surface area contributed by atoms with E-state index in [0.29, 0.717) is 11.5 Å². The van der Waals surface area contributed by atoms with Crippen molar-refractivity contribution in [3.8, 4) is 0 Å². The second-order valence-electron chi connectivity index (χ2n) is 6.27. The Morgan fingerprint density at radius 1 is 1.39 bits per heavy atom. The van der Waals surface area contributed by atoms with Crippen LogP contribution in [0.4, 0.5) is 0 Å². The number of carboxylic acid groups (broad SMARTS) is 1. The van der Waals surface area contributed by atoms with Crippen LogP contribution in [0.2, 0.25) is 0 Å². The van der Waals surface area contributed by atoms with Gasteiger partial charge in [-0.3, -0.25) is 4.79 Å². The summed E-state index contributed by atoms with van der Waals surface area (Å²) in [4.78, 5) is 11.5. The number of nitrogens with zero attached hydrogens (tertiary/aromatic N) is 1. The van der Waals surface area contributed by atoms with Crippen LogP contribution in [0.3, 0.4) is 0 Å². The molecule has 0 saturated heterocycles. The van der Waals surface area contributed by atoms with Crippen molar-refractivity contribution in [1.29, 1.82) is 0 Å². The first-order valence-electron chi connectivity index (χ1n) is 7.73. The zero-order valence-corrected chi connectivity index (χ0v) is 13.8. The zero-order valence-electron chi connectivity index (χ0n) is 13.0. The number of carboxylic acids is 1. The molecule has 3 rings (SSSR count). The molecule has 0 spiro atoms. The molecule has 2 aliphatic rings. The molecule has 2 unspecified atom stereocenters. The highest BCUT2D eigenvalue weighted by Gasteiger charge is 2.40. The van der Waals surface area contributed by atoms with Gasteiger partial charge in [0, 0.05) is 20.2 Å². The van der Waals surface area contributed by atoms with E-state index in [-0.39, 0.29) is 24.9 Å². The molecule has 1 heterocycles. The number of ether oxygens (including phenoxy) is 1. The van der Waals surface area contributed by atoms with E-state index < -0.39 is 21.9 Å². The van der Waals surface area contributed by atoms with Gasteiger partial charge in [-0.1, -0.05) is 24.3 Å². The van der Waals surface area contributed by atoms with Gasteiger partial charge in [0.05, 0.1) is 17.8 Å². The molecule has 1 aliphatic carbocycles. The molecular weight excluding hydrogens is 318 g/mol. The molecule has 1 aromatic carbocycles. The smallest absolute Gasteiger partial charge is 0.312 e. The van der Waals surface area contributed by atoms with Crippen molar-refractivity contribution in [3.05, 3.63) is 35.4 Å². The molecule has 1 aliphatic heterocycles. The van der Waals surface area contributed by atoms with Gasteiger partial charge in [0.15, 0.2) is 0 Å². The molecule has 6 nitrogen and oxygen atoms in total. The van der Waals surface area contributed by atoms with Crippen molar-refractivity contribution in [2.45, 2.75) is 31.4 Å². The average Bonchev–Trinajstić information content (AvgIpc) is 3.36. The number of hydrogen-bond acceptors (Lipinski definition) is 4. The van der Waals surface area contributed by atoms with Gasteiger partial charge in [0.1, 0.15) is 0 Å². The van der Waals surface area contributed by atoms with E-state index in [2.05, 4.69) is 0 Å².